The van der Waals surface area contributed by atoms with Crippen molar-refractivity contribution < 1.29 is 18.7 Å². The minimum absolute atomic E-state index is 0.0680. The summed E-state index contributed by atoms with van der Waals surface area (Å²) in [6.45, 7) is 1.85. The van der Waals surface area contributed by atoms with E-state index in [0.717, 1.165) is 16.8 Å². The highest BCUT2D eigenvalue weighted by Crippen LogP contribution is 2.30. The van der Waals surface area contributed by atoms with Crippen LogP contribution < -0.4 is 4.74 Å². The molecule has 2 aromatic carbocycles. The van der Waals surface area contributed by atoms with Gasteiger partial charge in [-0.25, -0.2) is 9.07 Å². The largest absolute Gasteiger partial charge is 0.497 e. The van der Waals surface area contributed by atoms with E-state index in [1.165, 1.54) is 19.2 Å². The van der Waals surface area contributed by atoms with Crippen LogP contribution in [0.3, 0.4) is 0 Å². The summed E-state index contributed by atoms with van der Waals surface area (Å²) < 4.78 is 26.9. The minimum Gasteiger partial charge on any atom is -0.497 e. The fourth-order valence-corrected chi connectivity index (χ4v) is 3.78. The molecule has 166 valence electrons. The Labute approximate surface area is 187 Å². The highest BCUT2D eigenvalue weighted by Gasteiger charge is 2.23. The van der Waals surface area contributed by atoms with Crippen molar-refractivity contribution in [3.05, 3.63) is 65.7 Å². The Kier molecular flexibility index (Phi) is 4.97. The zero-order chi connectivity index (χ0) is 23.1. The second kappa shape index (κ2) is 7.97. The molecular weight excluding hydrogens is 427 g/mol. The van der Waals surface area contributed by atoms with Crippen LogP contribution in [0.2, 0.25) is 0 Å². The van der Waals surface area contributed by atoms with Gasteiger partial charge < -0.3 is 9.47 Å². The number of methoxy groups -OCH3 is 2. The van der Waals surface area contributed by atoms with Gasteiger partial charge in [0.1, 0.15) is 17.3 Å². The molecular formula is C23H19FN6O3. The number of carbonyl (C=O) groups is 1. The molecule has 33 heavy (non-hydrogen) atoms. The van der Waals surface area contributed by atoms with Gasteiger partial charge in [-0.1, -0.05) is 12.1 Å². The van der Waals surface area contributed by atoms with Crippen molar-refractivity contribution >= 4 is 22.8 Å². The predicted octanol–water partition coefficient (Wildman–Crippen LogP) is 3.30. The van der Waals surface area contributed by atoms with Gasteiger partial charge in [-0.2, -0.15) is 14.7 Å². The van der Waals surface area contributed by atoms with Gasteiger partial charge in [-0.3, -0.25) is 4.79 Å². The first-order valence-corrected chi connectivity index (χ1v) is 10.1. The number of hydrogen-bond donors (Lipinski definition) is 0. The maximum atomic E-state index is 13.5. The Balaban J connectivity index is 1.79. The topological polar surface area (TPSA) is 96.4 Å². The Bertz CT molecular complexity index is 1490. The van der Waals surface area contributed by atoms with E-state index in [1.807, 2.05) is 31.2 Å². The van der Waals surface area contributed by atoms with Crippen LogP contribution in [0.4, 0.5) is 4.39 Å². The average Bonchev–Trinajstić information content (AvgIpc) is 3.36. The summed E-state index contributed by atoms with van der Waals surface area (Å²) in [7, 11) is 2.91. The van der Waals surface area contributed by atoms with Crippen LogP contribution in [0, 0.1) is 12.7 Å². The molecule has 0 radical (unpaired) electrons. The molecule has 10 heteroatoms. The van der Waals surface area contributed by atoms with Gasteiger partial charge in [-0.05, 0) is 48.9 Å². The zero-order valence-corrected chi connectivity index (χ0v) is 18.1. The van der Waals surface area contributed by atoms with E-state index in [-0.39, 0.29) is 12.2 Å². The predicted molar refractivity (Wildman–Crippen MR) is 118 cm³/mol. The minimum atomic E-state index is -0.443. The van der Waals surface area contributed by atoms with Gasteiger partial charge in [0.15, 0.2) is 16.8 Å². The number of rotatable bonds is 5. The Morgan fingerprint density at radius 3 is 2.39 bits per heavy atom. The first kappa shape index (κ1) is 20.6. The lowest BCUT2D eigenvalue weighted by atomic mass is 10.1. The van der Waals surface area contributed by atoms with Crippen LogP contribution in [0.1, 0.15) is 11.4 Å². The molecule has 0 aliphatic carbocycles. The number of carbonyl (C=O) groups excluding carboxylic acids is 1. The molecule has 5 aromatic rings. The molecule has 5 rings (SSSR count). The molecule has 3 heterocycles. The lowest BCUT2D eigenvalue weighted by molar-refractivity contribution is -0.139. The monoisotopic (exact) mass is 446 g/mol. The lowest BCUT2D eigenvalue weighted by Gasteiger charge is -2.06. The number of benzene rings is 2. The second-order valence-electron chi connectivity index (χ2n) is 7.38. The third-order valence-electron chi connectivity index (χ3n) is 5.38. The van der Waals surface area contributed by atoms with Crippen molar-refractivity contribution in [3.63, 3.8) is 0 Å². The Morgan fingerprint density at radius 1 is 1.00 bits per heavy atom. The van der Waals surface area contributed by atoms with E-state index in [4.69, 9.17) is 14.6 Å². The first-order chi connectivity index (χ1) is 16.0. The molecule has 0 saturated carbocycles. The maximum Gasteiger partial charge on any atom is 0.311 e. The summed E-state index contributed by atoms with van der Waals surface area (Å²) >= 11 is 0. The lowest BCUT2D eigenvalue weighted by Crippen LogP contribution is -2.06. The number of aromatic nitrogens is 6. The highest BCUT2D eigenvalue weighted by molar-refractivity contribution is 5.87. The van der Waals surface area contributed by atoms with Gasteiger partial charge in [0.05, 0.1) is 37.6 Å². The molecule has 0 spiro atoms. The van der Waals surface area contributed by atoms with Gasteiger partial charge >= 0.3 is 5.97 Å². The summed E-state index contributed by atoms with van der Waals surface area (Å²) in [5.74, 6) is -0.0725. The second-order valence-corrected chi connectivity index (χ2v) is 7.38. The molecule has 0 aliphatic rings. The maximum absolute atomic E-state index is 13.5. The average molecular weight is 446 g/mol. The number of esters is 1. The standard InChI is InChI=1S/C23H19FN6O3/c1-13-20(14-4-6-15(24)7-5-14)22-26-25-21-18(12-19(31)33-3)28-29(23(21)30(22)27-13)16-8-10-17(32-2)11-9-16/h4-11H,12H2,1-3H3. The van der Waals surface area contributed by atoms with E-state index in [2.05, 4.69) is 15.3 Å². The van der Waals surface area contributed by atoms with E-state index in [1.54, 1.807) is 28.4 Å². The van der Waals surface area contributed by atoms with Crippen LogP contribution in [-0.4, -0.2) is 49.8 Å². The van der Waals surface area contributed by atoms with Crippen LogP contribution in [0.15, 0.2) is 48.5 Å². The highest BCUT2D eigenvalue weighted by atomic mass is 19.1. The Hall–Kier alpha value is -4.34. The number of hydrogen-bond acceptors (Lipinski definition) is 7. The first-order valence-electron chi connectivity index (χ1n) is 10.1. The molecule has 0 fully saturated rings. The van der Waals surface area contributed by atoms with Gasteiger partial charge in [-0.15, -0.1) is 10.2 Å². The summed E-state index contributed by atoms with van der Waals surface area (Å²) in [5.41, 5.74) is 4.80. The third-order valence-corrected chi connectivity index (χ3v) is 5.38. The van der Waals surface area contributed by atoms with Crippen molar-refractivity contribution in [1.29, 1.82) is 0 Å². The quantitative estimate of drug-likeness (QED) is 0.382. The van der Waals surface area contributed by atoms with E-state index in [9.17, 15) is 9.18 Å². The summed E-state index contributed by atoms with van der Waals surface area (Å²) in [4.78, 5) is 12.0. The molecule has 3 aromatic heterocycles. The SMILES string of the molecule is COC(=O)Cc1nn(-c2ccc(OC)cc2)c2c1nnc1c(-c3ccc(F)cc3)c(C)nn12. The smallest absolute Gasteiger partial charge is 0.311 e. The van der Waals surface area contributed by atoms with Crippen molar-refractivity contribution in [2.75, 3.05) is 14.2 Å². The third kappa shape index (κ3) is 3.45. The molecule has 0 bridgehead atoms. The van der Waals surface area contributed by atoms with E-state index in [0.29, 0.717) is 33.9 Å². The van der Waals surface area contributed by atoms with Gasteiger partial charge in [0, 0.05) is 0 Å². The molecule has 0 unspecified atom stereocenters. The fraction of sp³-hybridized carbons (Fsp3) is 0.174. The number of ether oxygens (including phenoxy) is 2. The molecule has 0 atom stereocenters. The van der Waals surface area contributed by atoms with Crippen LogP contribution in [-0.2, 0) is 16.0 Å². The van der Waals surface area contributed by atoms with E-state index >= 15 is 0 Å². The van der Waals surface area contributed by atoms with Gasteiger partial charge in [0.25, 0.3) is 0 Å². The van der Waals surface area contributed by atoms with Crippen molar-refractivity contribution in [1.82, 2.24) is 29.6 Å². The van der Waals surface area contributed by atoms with Crippen LogP contribution in [0.25, 0.3) is 33.6 Å². The van der Waals surface area contributed by atoms with Crippen LogP contribution in [0.5, 0.6) is 5.75 Å². The molecule has 0 N–H and O–H groups in total. The fourth-order valence-electron chi connectivity index (χ4n) is 3.78. The van der Waals surface area contributed by atoms with Crippen molar-refractivity contribution in [2.24, 2.45) is 0 Å². The van der Waals surface area contributed by atoms with Gasteiger partial charge in [0.2, 0.25) is 0 Å². The van der Waals surface area contributed by atoms with Crippen molar-refractivity contribution in [2.45, 2.75) is 13.3 Å². The summed E-state index contributed by atoms with van der Waals surface area (Å²) in [5, 5.41) is 18.1. The Morgan fingerprint density at radius 2 is 1.73 bits per heavy atom. The molecule has 9 nitrogen and oxygen atoms in total. The number of aryl methyl sites for hydroxylation is 1. The number of nitrogens with zero attached hydrogens (tertiary/aromatic N) is 6. The number of fused-ring (bicyclic) bond motifs is 3. The molecule has 0 saturated heterocycles. The number of halogens is 1. The van der Waals surface area contributed by atoms with Crippen LogP contribution >= 0.6 is 0 Å². The summed E-state index contributed by atoms with van der Waals surface area (Å²) in [6, 6.07) is 13.4. The molecule has 0 amide bonds. The van der Waals surface area contributed by atoms with Crippen molar-refractivity contribution in [3.8, 4) is 22.6 Å². The normalized spacial score (nSPS) is 11.3. The van der Waals surface area contributed by atoms with E-state index < -0.39 is 5.97 Å². The molecule has 0 aliphatic heterocycles. The zero-order valence-electron chi connectivity index (χ0n) is 18.1. The summed E-state index contributed by atoms with van der Waals surface area (Å²) in [6.07, 6.45) is -0.0680.